The molecule has 9 heteroatoms. The molecule has 8 nitrogen and oxygen atoms in total. The molecule has 0 saturated carbocycles. The van der Waals surface area contributed by atoms with E-state index in [-0.39, 0.29) is 6.61 Å². The fourth-order valence-electron chi connectivity index (χ4n) is 2.79. The van der Waals surface area contributed by atoms with Gasteiger partial charge >= 0.3 is 0 Å². The molecule has 0 amide bonds. The van der Waals surface area contributed by atoms with Crippen molar-refractivity contribution in [2.24, 2.45) is 5.92 Å². The SMILES string of the molecule is COc1ccc(Oc2nc(Nc3ccc(OCC(O)CNCC(C)C)cc3)ncc2Br)cc1. The van der Waals surface area contributed by atoms with Crippen molar-refractivity contribution in [3.8, 4) is 23.1 Å². The quantitative estimate of drug-likeness (QED) is 0.316. The van der Waals surface area contributed by atoms with Crippen LogP contribution in [0.15, 0.2) is 59.2 Å². The van der Waals surface area contributed by atoms with Crippen LogP contribution in [0.5, 0.6) is 23.1 Å². The zero-order valence-corrected chi connectivity index (χ0v) is 20.5. The van der Waals surface area contributed by atoms with Crippen molar-refractivity contribution >= 4 is 27.6 Å². The zero-order chi connectivity index (χ0) is 23.6. The summed E-state index contributed by atoms with van der Waals surface area (Å²) >= 11 is 3.42. The van der Waals surface area contributed by atoms with Gasteiger partial charge in [-0.2, -0.15) is 4.98 Å². The number of hydrogen-bond acceptors (Lipinski definition) is 8. The summed E-state index contributed by atoms with van der Waals surface area (Å²) < 4.78 is 17.3. The molecule has 3 rings (SSSR count). The average Bonchev–Trinajstić information content (AvgIpc) is 2.81. The van der Waals surface area contributed by atoms with Gasteiger partial charge in [0.05, 0.1) is 17.8 Å². The molecule has 33 heavy (non-hydrogen) atoms. The number of aromatic nitrogens is 2. The number of halogens is 1. The number of aliphatic hydroxyl groups excluding tert-OH is 1. The third-order valence-corrected chi connectivity index (χ3v) is 5.02. The van der Waals surface area contributed by atoms with Gasteiger partial charge in [-0.05, 0) is 76.9 Å². The van der Waals surface area contributed by atoms with Crippen molar-refractivity contribution in [1.82, 2.24) is 15.3 Å². The Morgan fingerprint density at radius 2 is 1.64 bits per heavy atom. The Balaban J connectivity index is 1.54. The Morgan fingerprint density at radius 3 is 2.30 bits per heavy atom. The summed E-state index contributed by atoms with van der Waals surface area (Å²) in [7, 11) is 1.61. The second-order valence-electron chi connectivity index (χ2n) is 7.79. The largest absolute Gasteiger partial charge is 0.497 e. The molecule has 3 aromatic rings. The molecule has 0 radical (unpaired) electrons. The minimum Gasteiger partial charge on any atom is -0.497 e. The van der Waals surface area contributed by atoms with Gasteiger partial charge in [0, 0.05) is 12.2 Å². The summed E-state index contributed by atoms with van der Waals surface area (Å²) in [5, 5.41) is 16.4. The van der Waals surface area contributed by atoms with Gasteiger partial charge in [-0.1, -0.05) is 13.8 Å². The van der Waals surface area contributed by atoms with E-state index in [1.54, 1.807) is 25.4 Å². The molecule has 1 atom stereocenters. The Kier molecular flexibility index (Phi) is 9.29. The lowest BCUT2D eigenvalue weighted by molar-refractivity contribution is 0.106. The molecule has 0 aliphatic rings. The standard InChI is InChI=1S/C24H29BrN4O4/c1-16(2)12-26-13-18(30)15-32-20-6-4-17(5-7-20)28-24-27-14-22(25)23(29-24)33-21-10-8-19(31-3)9-11-21/h4-11,14,16,18,26,30H,12-13,15H2,1-3H3,(H,27,28,29). The normalized spacial score (nSPS) is 11.8. The van der Waals surface area contributed by atoms with Crippen LogP contribution in [0.1, 0.15) is 13.8 Å². The fraction of sp³-hybridized carbons (Fsp3) is 0.333. The summed E-state index contributed by atoms with van der Waals surface area (Å²) in [6.45, 7) is 5.83. The van der Waals surface area contributed by atoms with Crippen LogP contribution in [-0.4, -0.2) is 48.0 Å². The van der Waals surface area contributed by atoms with Crippen LogP contribution < -0.4 is 24.8 Å². The van der Waals surface area contributed by atoms with Crippen LogP contribution in [0.2, 0.25) is 0 Å². The third kappa shape index (κ3) is 8.20. The minimum absolute atomic E-state index is 0.222. The first-order valence-corrected chi connectivity index (χ1v) is 11.5. The van der Waals surface area contributed by atoms with Gasteiger partial charge in [-0.25, -0.2) is 4.98 Å². The monoisotopic (exact) mass is 516 g/mol. The van der Waals surface area contributed by atoms with E-state index in [0.717, 1.165) is 18.0 Å². The summed E-state index contributed by atoms with van der Waals surface area (Å²) in [5.74, 6) is 3.36. The zero-order valence-electron chi connectivity index (χ0n) is 18.9. The number of benzene rings is 2. The van der Waals surface area contributed by atoms with Crippen LogP contribution in [0.4, 0.5) is 11.6 Å². The van der Waals surface area contributed by atoms with Gasteiger partial charge in [0.15, 0.2) is 0 Å². The molecule has 0 fully saturated rings. The Hall–Kier alpha value is -2.88. The van der Waals surface area contributed by atoms with E-state index in [4.69, 9.17) is 14.2 Å². The molecule has 0 spiro atoms. The smallest absolute Gasteiger partial charge is 0.238 e. The maximum Gasteiger partial charge on any atom is 0.238 e. The van der Waals surface area contributed by atoms with Crippen molar-refractivity contribution < 1.29 is 19.3 Å². The minimum atomic E-state index is -0.568. The Labute approximate surface area is 202 Å². The lowest BCUT2D eigenvalue weighted by atomic mass is 10.2. The van der Waals surface area contributed by atoms with E-state index in [9.17, 15) is 5.11 Å². The van der Waals surface area contributed by atoms with Gasteiger partial charge < -0.3 is 30.0 Å². The Morgan fingerprint density at radius 1 is 0.970 bits per heavy atom. The number of rotatable bonds is 12. The maximum absolute atomic E-state index is 10.0. The van der Waals surface area contributed by atoms with Crippen molar-refractivity contribution in [2.45, 2.75) is 20.0 Å². The lowest BCUT2D eigenvalue weighted by Gasteiger charge is -2.14. The third-order valence-electron chi connectivity index (χ3n) is 4.47. The Bertz CT molecular complexity index is 1000. The van der Waals surface area contributed by atoms with Gasteiger partial charge in [-0.3, -0.25) is 0 Å². The highest BCUT2D eigenvalue weighted by atomic mass is 79.9. The van der Waals surface area contributed by atoms with Crippen LogP contribution in [-0.2, 0) is 0 Å². The summed E-state index contributed by atoms with van der Waals surface area (Å²) in [5.41, 5.74) is 0.791. The molecule has 0 bridgehead atoms. The van der Waals surface area contributed by atoms with Gasteiger partial charge in [0.1, 0.15) is 30.0 Å². The van der Waals surface area contributed by atoms with E-state index in [1.165, 1.54) is 0 Å². The van der Waals surface area contributed by atoms with Gasteiger partial charge in [0.2, 0.25) is 11.8 Å². The first-order valence-electron chi connectivity index (χ1n) is 10.7. The van der Waals surface area contributed by atoms with Crippen LogP contribution in [0.25, 0.3) is 0 Å². The van der Waals surface area contributed by atoms with Crippen LogP contribution >= 0.6 is 15.9 Å². The predicted molar refractivity (Wildman–Crippen MR) is 132 cm³/mol. The molecular weight excluding hydrogens is 488 g/mol. The molecule has 2 aromatic carbocycles. The van der Waals surface area contributed by atoms with E-state index < -0.39 is 6.10 Å². The number of nitrogens with zero attached hydrogens (tertiary/aromatic N) is 2. The van der Waals surface area contributed by atoms with E-state index >= 15 is 0 Å². The molecule has 1 aromatic heterocycles. The first kappa shape index (κ1) is 24.8. The first-order chi connectivity index (χ1) is 15.9. The van der Waals surface area contributed by atoms with E-state index in [2.05, 4.69) is 50.4 Å². The molecule has 0 saturated heterocycles. The van der Waals surface area contributed by atoms with Gasteiger partial charge in [0.25, 0.3) is 0 Å². The number of ether oxygens (including phenoxy) is 3. The fourth-order valence-corrected chi connectivity index (χ4v) is 3.06. The highest BCUT2D eigenvalue weighted by Crippen LogP contribution is 2.29. The number of nitrogens with one attached hydrogen (secondary N) is 2. The number of aliphatic hydroxyl groups is 1. The molecule has 3 N–H and O–H groups in total. The second-order valence-corrected chi connectivity index (χ2v) is 8.64. The molecule has 176 valence electrons. The predicted octanol–water partition coefficient (Wildman–Crippen LogP) is 4.77. The molecule has 1 unspecified atom stereocenters. The molecule has 0 aliphatic carbocycles. The number of hydrogen-bond donors (Lipinski definition) is 3. The van der Waals surface area contributed by atoms with E-state index in [0.29, 0.717) is 40.3 Å². The van der Waals surface area contributed by atoms with Gasteiger partial charge in [-0.15, -0.1) is 0 Å². The lowest BCUT2D eigenvalue weighted by Crippen LogP contribution is -2.33. The van der Waals surface area contributed by atoms with Crippen molar-refractivity contribution in [1.29, 1.82) is 0 Å². The topological polar surface area (TPSA) is 97.8 Å². The average molecular weight is 517 g/mol. The highest BCUT2D eigenvalue weighted by Gasteiger charge is 2.09. The van der Waals surface area contributed by atoms with Crippen LogP contribution in [0, 0.1) is 5.92 Å². The highest BCUT2D eigenvalue weighted by molar-refractivity contribution is 9.10. The summed E-state index contributed by atoms with van der Waals surface area (Å²) in [4.78, 5) is 8.72. The summed E-state index contributed by atoms with van der Waals surface area (Å²) in [6, 6.07) is 14.6. The van der Waals surface area contributed by atoms with Crippen molar-refractivity contribution in [2.75, 3.05) is 32.1 Å². The van der Waals surface area contributed by atoms with Crippen molar-refractivity contribution in [3.05, 3.63) is 59.2 Å². The number of anilines is 2. The number of methoxy groups -OCH3 is 1. The van der Waals surface area contributed by atoms with E-state index in [1.807, 2.05) is 36.4 Å². The van der Waals surface area contributed by atoms with Crippen LogP contribution in [0.3, 0.4) is 0 Å². The summed E-state index contributed by atoms with van der Waals surface area (Å²) in [6.07, 6.45) is 1.06. The molecule has 1 heterocycles. The maximum atomic E-state index is 10.0. The second kappa shape index (κ2) is 12.4. The molecular formula is C24H29BrN4O4. The molecule has 0 aliphatic heterocycles. The van der Waals surface area contributed by atoms with Crippen molar-refractivity contribution in [3.63, 3.8) is 0 Å².